The van der Waals surface area contributed by atoms with Gasteiger partial charge >= 0.3 is 0 Å². The topological polar surface area (TPSA) is 50.8 Å². The number of benzene rings is 1. The summed E-state index contributed by atoms with van der Waals surface area (Å²) < 4.78 is 12.1. The molecule has 0 aliphatic rings. The van der Waals surface area contributed by atoms with Crippen LogP contribution < -0.4 is 10.1 Å². The van der Waals surface area contributed by atoms with E-state index in [4.69, 9.17) is 9.47 Å². The highest BCUT2D eigenvalue weighted by Gasteiger charge is 2.40. The molecule has 1 aromatic carbocycles. The zero-order valence-electron chi connectivity index (χ0n) is 21.0. The van der Waals surface area contributed by atoms with Crippen molar-refractivity contribution in [2.45, 2.75) is 79.8 Å². The lowest BCUT2D eigenvalue weighted by Crippen LogP contribution is -2.47. The second-order valence-electron chi connectivity index (χ2n) is 9.25. The molecule has 178 valence electrons. The standard InChI is InChI=1S/C26H46N2O3/c1-8-17-31-26(19-21(4)5,20-22(6)7)25(29)27-23-12-14-24(15-13-23)30-18-11-16-28(9-2)10-3/h12-15,21-22H,8-11,16-20H2,1-7H3,(H,27,29). The summed E-state index contributed by atoms with van der Waals surface area (Å²) in [7, 11) is 0. The van der Waals surface area contributed by atoms with Crippen LogP contribution in [0, 0.1) is 11.8 Å². The Kier molecular flexibility index (Phi) is 12.8. The fourth-order valence-corrected chi connectivity index (χ4v) is 3.97. The van der Waals surface area contributed by atoms with E-state index >= 15 is 0 Å². The smallest absolute Gasteiger partial charge is 0.256 e. The van der Waals surface area contributed by atoms with Crippen LogP contribution in [-0.4, -0.2) is 49.3 Å². The number of carbonyl (C=O) groups excluding carboxylic acids is 1. The summed E-state index contributed by atoms with van der Waals surface area (Å²) in [4.78, 5) is 15.7. The maximum absolute atomic E-state index is 13.4. The number of anilines is 1. The van der Waals surface area contributed by atoms with Gasteiger partial charge in [0, 0.05) is 18.8 Å². The molecule has 0 bridgehead atoms. The van der Waals surface area contributed by atoms with E-state index in [1.807, 2.05) is 24.3 Å². The molecule has 0 radical (unpaired) electrons. The number of nitrogens with one attached hydrogen (secondary N) is 1. The van der Waals surface area contributed by atoms with Crippen LogP contribution in [0.5, 0.6) is 5.75 Å². The first kappa shape index (κ1) is 27.4. The molecule has 0 atom stereocenters. The number of rotatable bonds is 16. The fraction of sp³-hybridized carbons (Fsp3) is 0.731. The molecule has 0 aliphatic carbocycles. The summed E-state index contributed by atoms with van der Waals surface area (Å²) in [5, 5.41) is 3.10. The second-order valence-corrected chi connectivity index (χ2v) is 9.25. The number of hydrogen-bond acceptors (Lipinski definition) is 4. The van der Waals surface area contributed by atoms with Crippen LogP contribution in [0.2, 0.25) is 0 Å². The van der Waals surface area contributed by atoms with Gasteiger partial charge in [-0.15, -0.1) is 0 Å². The quantitative estimate of drug-likeness (QED) is 0.325. The van der Waals surface area contributed by atoms with Gasteiger partial charge in [0.05, 0.1) is 6.61 Å². The van der Waals surface area contributed by atoms with Crippen LogP contribution in [0.1, 0.15) is 74.1 Å². The molecule has 0 aliphatic heterocycles. The van der Waals surface area contributed by atoms with Gasteiger partial charge in [-0.05, 0) is 74.9 Å². The minimum Gasteiger partial charge on any atom is -0.494 e. The molecule has 5 heteroatoms. The third-order valence-electron chi connectivity index (χ3n) is 5.37. The van der Waals surface area contributed by atoms with Crippen molar-refractivity contribution < 1.29 is 14.3 Å². The number of carbonyl (C=O) groups is 1. The van der Waals surface area contributed by atoms with Crippen molar-refractivity contribution in [3.63, 3.8) is 0 Å². The van der Waals surface area contributed by atoms with Crippen molar-refractivity contribution in [1.82, 2.24) is 4.90 Å². The summed E-state index contributed by atoms with van der Waals surface area (Å²) in [6.07, 6.45) is 3.32. The van der Waals surface area contributed by atoms with Crippen LogP contribution in [0.25, 0.3) is 0 Å². The predicted octanol–water partition coefficient (Wildman–Crippen LogP) is 5.99. The highest BCUT2D eigenvalue weighted by molar-refractivity contribution is 5.97. The molecule has 0 saturated heterocycles. The summed E-state index contributed by atoms with van der Waals surface area (Å²) in [6, 6.07) is 7.67. The van der Waals surface area contributed by atoms with E-state index in [0.717, 1.165) is 43.9 Å². The van der Waals surface area contributed by atoms with Gasteiger partial charge in [-0.25, -0.2) is 0 Å². The van der Waals surface area contributed by atoms with E-state index in [9.17, 15) is 4.79 Å². The van der Waals surface area contributed by atoms with Crippen molar-refractivity contribution in [3.8, 4) is 5.75 Å². The molecule has 0 heterocycles. The molecule has 0 unspecified atom stereocenters. The van der Waals surface area contributed by atoms with E-state index in [2.05, 4.69) is 58.7 Å². The highest BCUT2D eigenvalue weighted by atomic mass is 16.5. The number of hydrogen-bond donors (Lipinski definition) is 1. The normalized spacial score (nSPS) is 12.1. The average Bonchev–Trinajstić information content (AvgIpc) is 2.72. The minimum absolute atomic E-state index is 0.0451. The molecule has 0 aromatic heterocycles. The molecule has 31 heavy (non-hydrogen) atoms. The van der Waals surface area contributed by atoms with Crippen molar-refractivity contribution in [2.75, 3.05) is 38.2 Å². The van der Waals surface area contributed by atoms with Crippen molar-refractivity contribution in [3.05, 3.63) is 24.3 Å². The Morgan fingerprint density at radius 2 is 1.55 bits per heavy atom. The van der Waals surface area contributed by atoms with Crippen molar-refractivity contribution >= 4 is 11.6 Å². The van der Waals surface area contributed by atoms with Gasteiger partial charge in [0.25, 0.3) is 5.91 Å². The minimum atomic E-state index is -0.794. The van der Waals surface area contributed by atoms with Gasteiger partial charge in [0.15, 0.2) is 0 Å². The molecule has 1 amide bonds. The molecule has 0 fully saturated rings. The van der Waals surface area contributed by atoms with E-state index in [1.54, 1.807) is 0 Å². The van der Waals surface area contributed by atoms with E-state index < -0.39 is 5.60 Å². The van der Waals surface area contributed by atoms with Crippen LogP contribution in [-0.2, 0) is 9.53 Å². The van der Waals surface area contributed by atoms with Gasteiger partial charge < -0.3 is 19.7 Å². The monoisotopic (exact) mass is 434 g/mol. The molecule has 1 rings (SSSR count). The van der Waals surface area contributed by atoms with Gasteiger partial charge in [0.1, 0.15) is 11.4 Å². The number of ether oxygens (including phenoxy) is 2. The van der Waals surface area contributed by atoms with Crippen molar-refractivity contribution in [1.29, 1.82) is 0 Å². The Hall–Kier alpha value is -1.59. The molecule has 0 spiro atoms. The number of nitrogens with zero attached hydrogens (tertiary/aromatic N) is 1. The van der Waals surface area contributed by atoms with E-state index in [-0.39, 0.29) is 5.91 Å². The third-order valence-corrected chi connectivity index (χ3v) is 5.37. The Balaban J connectivity index is 2.75. The lowest BCUT2D eigenvalue weighted by atomic mass is 9.83. The first-order valence-corrected chi connectivity index (χ1v) is 12.2. The third kappa shape index (κ3) is 10.0. The maximum Gasteiger partial charge on any atom is 0.256 e. The molecule has 1 N–H and O–H groups in total. The van der Waals surface area contributed by atoms with Crippen LogP contribution in [0.3, 0.4) is 0 Å². The Bertz CT molecular complexity index is 600. The second kappa shape index (κ2) is 14.5. The Labute approximate surface area is 190 Å². The Morgan fingerprint density at radius 3 is 2.03 bits per heavy atom. The molecular weight excluding hydrogens is 388 g/mol. The lowest BCUT2D eigenvalue weighted by molar-refractivity contribution is -0.147. The fourth-order valence-electron chi connectivity index (χ4n) is 3.97. The Morgan fingerprint density at radius 1 is 0.968 bits per heavy atom. The average molecular weight is 435 g/mol. The first-order chi connectivity index (χ1) is 14.8. The van der Waals surface area contributed by atoms with Crippen molar-refractivity contribution in [2.24, 2.45) is 11.8 Å². The molecule has 0 saturated carbocycles. The lowest BCUT2D eigenvalue weighted by Gasteiger charge is -2.35. The van der Waals surface area contributed by atoms with Crippen LogP contribution in [0.4, 0.5) is 5.69 Å². The summed E-state index contributed by atoms with van der Waals surface area (Å²) in [5.74, 6) is 1.52. The largest absolute Gasteiger partial charge is 0.494 e. The van der Waals surface area contributed by atoms with E-state index in [1.165, 1.54) is 0 Å². The van der Waals surface area contributed by atoms with Gasteiger partial charge in [-0.3, -0.25) is 4.79 Å². The van der Waals surface area contributed by atoms with Gasteiger partial charge in [-0.2, -0.15) is 0 Å². The predicted molar refractivity (Wildman–Crippen MR) is 131 cm³/mol. The SMILES string of the molecule is CCCOC(CC(C)C)(CC(C)C)C(=O)Nc1ccc(OCCCN(CC)CC)cc1. The molecule has 1 aromatic rings. The summed E-state index contributed by atoms with van der Waals surface area (Å²) >= 11 is 0. The van der Waals surface area contributed by atoms with Crippen LogP contribution >= 0.6 is 0 Å². The van der Waals surface area contributed by atoms with E-state index in [0.29, 0.717) is 37.9 Å². The maximum atomic E-state index is 13.4. The summed E-state index contributed by atoms with van der Waals surface area (Å²) in [5.41, 5.74) is -0.0183. The van der Waals surface area contributed by atoms with Crippen LogP contribution in [0.15, 0.2) is 24.3 Å². The van der Waals surface area contributed by atoms with Gasteiger partial charge in [0.2, 0.25) is 0 Å². The molecular formula is C26H46N2O3. The highest BCUT2D eigenvalue weighted by Crippen LogP contribution is 2.31. The zero-order chi connectivity index (χ0) is 23.3. The zero-order valence-corrected chi connectivity index (χ0v) is 21.0. The summed E-state index contributed by atoms with van der Waals surface area (Å²) in [6.45, 7) is 19.5. The first-order valence-electron chi connectivity index (χ1n) is 12.2. The van der Waals surface area contributed by atoms with Gasteiger partial charge in [-0.1, -0.05) is 48.5 Å². The number of amides is 1. The molecule has 5 nitrogen and oxygen atoms in total.